The first-order chi connectivity index (χ1) is 14.3. The van der Waals surface area contributed by atoms with Crippen LogP contribution in [-0.4, -0.2) is 70.7 Å². The van der Waals surface area contributed by atoms with Crippen molar-refractivity contribution in [1.82, 2.24) is 15.5 Å². The minimum absolute atomic E-state index is 0.181. The van der Waals surface area contributed by atoms with Crippen molar-refractivity contribution in [3.05, 3.63) is 0 Å². The molecule has 2 unspecified atom stereocenters. The van der Waals surface area contributed by atoms with Gasteiger partial charge in [0.1, 0.15) is 11.6 Å². The number of hydrogen-bond donors (Lipinski definition) is 3. The lowest BCUT2D eigenvalue weighted by molar-refractivity contribution is -0.149. The van der Waals surface area contributed by atoms with E-state index in [-0.39, 0.29) is 24.3 Å². The van der Waals surface area contributed by atoms with Crippen molar-refractivity contribution < 1.29 is 24.2 Å². The highest BCUT2D eigenvalue weighted by Crippen LogP contribution is 2.63. The Kier molecular flexibility index (Phi) is 6.77. The fourth-order valence-corrected chi connectivity index (χ4v) is 5.67. The van der Waals surface area contributed by atoms with Gasteiger partial charge in [0.2, 0.25) is 17.7 Å². The fraction of sp³-hybridized carbons (Fsp3) is 0.864. The van der Waals surface area contributed by atoms with Crippen molar-refractivity contribution >= 4 is 17.7 Å². The highest BCUT2D eigenvalue weighted by Gasteiger charge is 2.78. The molecule has 170 valence electrons. The van der Waals surface area contributed by atoms with Gasteiger partial charge >= 0.3 is 0 Å². The molecule has 3 rings (SSSR count). The Hall–Kier alpha value is -1.67. The number of aliphatic hydroxyl groups is 1. The lowest BCUT2D eigenvalue weighted by atomic mass is 9.66. The molecule has 0 aromatic heterocycles. The summed E-state index contributed by atoms with van der Waals surface area (Å²) in [7, 11) is 0. The van der Waals surface area contributed by atoms with Crippen LogP contribution in [0.3, 0.4) is 0 Å². The van der Waals surface area contributed by atoms with Crippen molar-refractivity contribution in [3.8, 4) is 0 Å². The summed E-state index contributed by atoms with van der Waals surface area (Å²) in [6, 6.07) is -1.36. The van der Waals surface area contributed by atoms with E-state index in [1.165, 1.54) is 4.90 Å². The summed E-state index contributed by atoms with van der Waals surface area (Å²) in [6.07, 6.45) is 4.92. The molecule has 3 aliphatic rings. The molecule has 0 aliphatic carbocycles. The predicted molar refractivity (Wildman–Crippen MR) is 111 cm³/mol. The van der Waals surface area contributed by atoms with E-state index in [0.29, 0.717) is 25.9 Å². The molecule has 3 amide bonds. The molecule has 3 heterocycles. The Morgan fingerprint density at radius 1 is 1.17 bits per heavy atom. The maximum atomic E-state index is 13.6. The van der Waals surface area contributed by atoms with Crippen molar-refractivity contribution in [3.63, 3.8) is 0 Å². The van der Waals surface area contributed by atoms with Crippen molar-refractivity contribution in [2.45, 2.75) is 89.5 Å². The second-order valence-corrected chi connectivity index (χ2v) is 9.29. The van der Waals surface area contributed by atoms with Gasteiger partial charge < -0.3 is 25.4 Å². The lowest BCUT2D eigenvalue weighted by Gasteiger charge is -2.35. The standard InChI is InChI=1S/C22H37N3O5/c1-5-7-8-12-24-19(28)17-22-10-9-21(4,30-22)15(18(27)23-11-6-2)16(22)20(29)25(17)14(3)13-26/h14-17,26H,5-13H2,1-4H3,(H,23,27)(H,24,28)/t14-,15+,16+,17?,21-,22?/m1/s1. The molecular weight excluding hydrogens is 386 g/mol. The molecule has 30 heavy (non-hydrogen) atoms. The Bertz CT molecular complexity index is 686. The number of rotatable bonds is 10. The SMILES string of the molecule is CCCCCNC(=O)C1N([C@H](C)CO)C(=O)[C@@H]2[C@@H](C(=O)NCCC)[C@@]3(C)CCC12O3. The summed E-state index contributed by atoms with van der Waals surface area (Å²) >= 11 is 0. The van der Waals surface area contributed by atoms with Crippen molar-refractivity contribution in [1.29, 1.82) is 0 Å². The van der Waals surface area contributed by atoms with E-state index in [9.17, 15) is 19.5 Å². The maximum Gasteiger partial charge on any atom is 0.245 e. The molecule has 0 aromatic rings. The van der Waals surface area contributed by atoms with E-state index >= 15 is 0 Å². The number of fused-ring (bicyclic) bond motifs is 1. The van der Waals surface area contributed by atoms with Gasteiger partial charge in [0, 0.05) is 13.1 Å². The zero-order valence-electron chi connectivity index (χ0n) is 18.7. The maximum absolute atomic E-state index is 13.6. The van der Waals surface area contributed by atoms with E-state index < -0.39 is 35.1 Å². The van der Waals surface area contributed by atoms with Gasteiger partial charge in [-0.25, -0.2) is 0 Å². The summed E-state index contributed by atoms with van der Waals surface area (Å²) < 4.78 is 6.48. The highest BCUT2D eigenvalue weighted by molar-refractivity contribution is 5.99. The van der Waals surface area contributed by atoms with Crippen LogP contribution in [0.1, 0.15) is 66.2 Å². The summed E-state index contributed by atoms with van der Waals surface area (Å²) in [4.78, 5) is 41.4. The molecule has 3 aliphatic heterocycles. The van der Waals surface area contributed by atoms with Gasteiger partial charge in [-0.1, -0.05) is 26.7 Å². The quantitative estimate of drug-likeness (QED) is 0.454. The van der Waals surface area contributed by atoms with Gasteiger partial charge in [0.15, 0.2) is 0 Å². The molecule has 3 saturated heterocycles. The zero-order chi connectivity index (χ0) is 22.1. The Morgan fingerprint density at radius 3 is 2.50 bits per heavy atom. The summed E-state index contributed by atoms with van der Waals surface area (Å²) in [5.74, 6) is -2.02. The first-order valence-corrected chi connectivity index (χ1v) is 11.5. The predicted octanol–water partition coefficient (Wildman–Crippen LogP) is 0.965. The molecule has 0 saturated carbocycles. The Labute approximate surface area is 179 Å². The number of unbranched alkanes of at least 4 members (excludes halogenated alkanes) is 2. The number of nitrogens with one attached hydrogen (secondary N) is 2. The van der Waals surface area contributed by atoms with Crippen LogP contribution in [0, 0.1) is 11.8 Å². The fourth-order valence-electron chi connectivity index (χ4n) is 5.67. The minimum atomic E-state index is -1.02. The lowest BCUT2D eigenvalue weighted by Crippen LogP contribution is -2.57. The number of amides is 3. The number of ether oxygens (including phenoxy) is 1. The van der Waals surface area contributed by atoms with Crippen LogP contribution < -0.4 is 10.6 Å². The topological polar surface area (TPSA) is 108 Å². The third kappa shape index (κ3) is 3.51. The van der Waals surface area contributed by atoms with Crippen LogP contribution in [0.15, 0.2) is 0 Å². The first-order valence-electron chi connectivity index (χ1n) is 11.5. The van der Waals surface area contributed by atoms with Crippen molar-refractivity contribution in [2.24, 2.45) is 11.8 Å². The van der Waals surface area contributed by atoms with Gasteiger partial charge in [0.25, 0.3) is 0 Å². The smallest absolute Gasteiger partial charge is 0.245 e. The van der Waals surface area contributed by atoms with Gasteiger partial charge in [-0.3, -0.25) is 14.4 Å². The molecule has 0 radical (unpaired) electrons. The minimum Gasteiger partial charge on any atom is -0.394 e. The largest absolute Gasteiger partial charge is 0.394 e. The van der Waals surface area contributed by atoms with Crippen LogP contribution in [0.5, 0.6) is 0 Å². The molecule has 3 N–H and O–H groups in total. The average Bonchev–Trinajstić information content (AvgIpc) is 3.29. The third-order valence-corrected chi connectivity index (χ3v) is 7.11. The molecular formula is C22H37N3O5. The van der Waals surface area contributed by atoms with E-state index in [1.807, 2.05) is 13.8 Å². The van der Waals surface area contributed by atoms with Crippen LogP contribution in [0.2, 0.25) is 0 Å². The second-order valence-electron chi connectivity index (χ2n) is 9.29. The highest BCUT2D eigenvalue weighted by atomic mass is 16.5. The third-order valence-electron chi connectivity index (χ3n) is 7.11. The number of carbonyl (C=O) groups excluding carboxylic acids is 3. The molecule has 6 atom stereocenters. The van der Waals surface area contributed by atoms with Crippen molar-refractivity contribution in [2.75, 3.05) is 19.7 Å². The zero-order valence-corrected chi connectivity index (χ0v) is 18.7. The van der Waals surface area contributed by atoms with Gasteiger partial charge in [-0.2, -0.15) is 0 Å². The van der Waals surface area contributed by atoms with Gasteiger partial charge in [-0.15, -0.1) is 0 Å². The molecule has 2 bridgehead atoms. The molecule has 8 nitrogen and oxygen atoms in total. The first kappa shape index (κ1) is 23.0. The van der Waals surface area contributed by atoms with Crippen LogP contribution >= 0.6 is 0 Å². The number of nitrogens with zero attached hydrogens (tertiary/aromatic N) is 1. The molecule has 0 aromatic carbocycles. The van der Waals surface area contributed by atoms with Crippen LogP contribution in [-0.2, 0) is 19.1 Å². The Morgan fingerprint density at radius 2 is 1.87 bits per heavy atom. The van der Waals surface area contributed by atoms with E-state index in [4.69, 9.17) is 4.74 Å². The van der Waals surface area contributed by atoms with E-state index in [0.717, 1.165) is 25.7 Å². The van der Waals surface area contributed by atoms with E-state index in [1.54, 1.807) is 6.92 Å². The Balaban J connectivity index is 1.93. The monoisotopic (exact) mass is 423 g/mol. The average molecular weight is 424 g/mol. The molecule has 1 spiro atoms. The molecule has 8 heteroatoms. The second kappa shape index (κ2) is 8.83. The number of likely N-dealkylation sites (tertiary alicyclic amines) is 1. The summed E-state index contributed by atoms with van der Waals surface area (Å²) in [6.45, 7) is 8.52. The normalized spacial score (nSPS) is 35.4. The number of hydrogen-bond acceptors (Lipinski definition) is 5. The number of carbonyl (C=O) groups is 3. The molecule has 3 fully saturated rings. The summed E-state index contributed by atoms with van der Waals surface area (Å²) in [5, 5.41) is 15.7. The summed E-state index contributed by atoms with van der Waals surface area (Å²) in [5.41, 5.74) is -1.77. The van der Waals surface area contributed by atoms with Crippen LogP contribution in [0.25, 0.3) is 0 Å². The van der Waals surface area contributed by atoms with Gasteiger partial charge in [-0.05, 0) is 39.5 Å². The van der Waals surface area contributed by atoms with Crippen LogP contribution in [0.4, 0.5) is 0 Å². The number of aliphatic hydroxyl groups excluding tert-OH is 1. The van der Waals surface area contributed by atoms with E-state index in [2.05, 4.69) is 17.6 Å². The van der Waals surface area contributed by atoms with Gasteiger partial charge in [0.05, 0.1) is 30.1 Å².